The van der Waals surface area contributed by atoms with E-state index in [0.717, 1.165) is 6.54 Å². The summed E-state index contributed by atoms with van der Waals surface area (Å²) < 4.78 is 32.1. The molecule has 3 saturated heterocycles. The fourth-order valence-corrected chi connectivity index (χ4v) is 5.61. The van der Waals surface area contributed by atoms with Crippen molar-refractivity contribution in [2.45, 2.75) is 18.1 Å². The average molecular weight is 327 g/mol. The molecule has 0 saturated carbocycles. The van der Waals surface area contributed by atoms with E-state index >= 15 is 0 Å². The molecule has 0 spiro atoms. The molecular weight excluding hydrogens is 304 g/mol. The van der Waals surface area contributed by atoms with Gasteiger partial charge in [0.05, 0.1) is 11.9 Å². The maximum absolute atomic E-state index is 12.6. The van der Waals surface area contributed by atoms with Crippen LogP contribution >= 0.6 is 12.4 Å². The second kappa shape index (κ2) is 6.06. The number of nitrogens with one attached hydrogen (secondary N) is 1. The Balaban J connectivity index is 0.00000147. The van der Waals surface area contributed by atoms with Crippen molar-refractivity contribution in [3.63, 3.8) is 0 Å². The Hall–Kier alpha value is 0.0800. The quantitative estimate of drug-likeness (QED) is 0.726. The van der Waals surface area contributed by atoms with E-state index in [4.69, 9.17) is 4.74 Å². The van der Waals surface area contributed by atoms with Crippen LogP contribution in [0, 0.1) is 11.3 Å². The average Bonchev–Trinajstić information content (AvgIpc) is 2.97. The highest BCUT2D eigenvalue weighted by Gasteiger charge is 2.53. The van der Waals surface area contributed by atoms with Crippen molar-refractivity contribution in [2.75, 3.05) is 46.0 Å². The highest BCUT2D eigenvalue weighted by atomic mass is 35.5. The molecule has 20 heavy (non-hydrogen) atoms. The van der Waals surface area contributed by atoms with E-state index in [1.807, 2.05) is 0 Å². The third-order valence-corrected chi connectivity index (χ3v) is 7.23. The molecule has 2 N–H and O–H groups in total. The number of aliphatic hydroxyl groups excluding tert-OH is 1. The van der Waals surface area contributed by atoms with Crippen LogP contribution in [0.1, 0.15) is 12.8 Å². The molecule has 118 valence electrons. The summed E-state index contributed by atoms with van der Waals surface area (Å²) in [5.74, 6) is 0.243. The third-order valence-electron chi connectivity index (χ3n) is 4.91. The number of rotatable bonds is 3. The lowest BCUT2D eigenvalue weighted by Gasteiger charge is -2.29. The Morgan fingerprint density at radius 1 is 1.35 bits per heavy atom. The number of hydrogen-bond acceptors (Lipinski definition) is 5. The van der Waals surface area contributed by atoms with Gasteiger partial charge in [-0.3, -0.25) is 0 Å². The monoisotopic (exact) mass is 326 g/mol. The van der Waals surface area contributed by atoms with E-state index in [1.54, 1.807) is 4.31 Å². The number of sulfonamides is 1. The van der Waals surface area contributed by atoms with E-state index in [-0.39, 0.29) is 35.6 Å². The molecule has 2 atom stereocenters. The maximum Gasteiger partial charge on any atom is 0.217 e. The zero-order chi connectivity index (χ0) is 13.5. The van der Waals surface area contributed by atoms with Crippen LogP contribution in [0.4, 0.5) is 0 Å². The molecule has 0 aromatic rings. The van der Waals surface area contributed by atoms with Gasteiger partial charge < -0.3 is 15.2 Å². The SMILES string of the molecule is Cl.O=S(=O)(C1CCOCC1)N1CC2CNCC2(CO)C1. The molecule has 3 heterocycles. The second-order valence-electron chi connectivity index (χ2n) is 6.00. The Morgan fingerprint density at radius 2 is 2.05 bits per heavy atom. The predicted octanol–water partition coefficient (Wildman–Crippen LogP) is -0.569. The summed E-state index contributed by atoms with van der Waals surface area (Å²) in [6, 6.07) is 0. The van der Waals surface area contributed by atoms with Crippen LogP contribution in [0.25, 0.3) is 0 Å². The van der Waals surface area contributed by atoms with Gasteiger partial charge in [-0.15, -0.1) is 12.4 Å². The summed E-state index contributed by atoms with van der Waals surface area (Å²) in [6.07, 6.45) is 1.18. The lowest BCUT2D eigenvalue weighted by molar-refractivity contribution is 0.0970. The summed E-state index contributed by atoms with van der Waals surface area (Å²) in [6.45, 7) is 3.66. The van der Waals surface area contributed by atoms with Crippen molar-refractivity contribution in [2.24, 2.45) is 11.3 Å². The molecule has 0 radical (unpaired) electrons. The first-order valence-electron chi connectivity index (χ1n) is 6.97. The highest BCUT2D eigenvalue weighted by molar-refractivity contribution is 7.89. The lowest BCUT2D eigenvalue weighted by Crippen LogP contribution is -2.43. The van der Waals surface area contributed by atoms with E-state index < -0.39 is 10.0 Å². The summed E-state index contributed by atoms with van der Waals surface area (Å²) in [5, 5.41) is 12.6. The van der Waals surface area contributed by atoms with Crippen molar-refractivity contribution in [1.82, 2.24) is 9.62 Å². The van der Waals surface area contributed by atoms with E-state index in [0.29, 0.717) is 45.7 Å². The predicted molar refractivity (Wildman–Crippen MR) is 77.5 cm³/mol. The van der Waals surface area contributed by atoms with Crippen molar-refractivity contribution in [3.8, 4) is 0 Å². The van der Waals surface area contributed by atoms with Gasteiger partial charge in [0.1, 0.15) is 0 Å². The van der Waals surface area contributed by atoms with Crippen LogP contribution in [0.3, 0.4) is 0 Å². The number of hydrogen-bond donors (Lipinski definition) is 2. The van der Waals surface area contributed by atoms with Crippen molar-refractivity contribution < 1.29 is 18.3 Å². The number of nitrogens with zero attached hydrogens (tertiary/aromatic N) is 1. The Labute approximate surface area is 126 Å². The molecular formula is C12H23ClN2O4S. The molecule has 0 aliphatic carbocycles. The summed E-state index contributed by atoms with van der Waals surface area (Å²) >= 11 is 0. The van der Waals surface area contributed by atoms with Crippen molar-refractivity contribution in [1.29, 1.82) is 0 Å². The molecule has 3 rings (SSSR count). The number of aliphatic hydroxyl groups is 1. The van der Waals surface area contributed by atoms with E-state index in [1.165, 1.54) is 0 Å². The standard InChI is InChI=1S/C12H22N2O4S.ClH/c15-9-12-7-13-5-10(12)6-14(8-12)19(16,17)11-1-3-18-4-2-11;/h10-11,13,15H,1-9H2;1H. The van der Waals surface area contributed by atoms with E-state index in [2.05, 4.69) is 5.32 Å². The lowest BCUT2D eigenvalue weighted by atomic mass is 9.82. The minimum Gasteiger partial charge on any atom is -0.396 e. The van der Waals surface area contributed by atoms with Gasteiger partial charge in [0.25, 0.3) is 0 Å². The van der Waals surface area contributed by atoms with Crippen LogP contribution in [-0.2, 0) is 14.8 Å². The summed E-state index contributed by atoms with van der Waals surface area (Å²) in [7, 11) is -3.24. The van der Waals surface area contributed by atoms with Crippen molar-refractivity contribution >= 4 is 22.4 Å². The van der Waals surface area contributed by atoms with Gasteiger partial charge in [0, 0.05) is 38.3 Å². The fourth-order valence-electron chi connectivity index (χ4n) is 3.57. The summed E-state index contributed by atoms with van der Waals surface area (Å²) in [4.78, 5) is 0. The number of halogens is 1. The number of fused-ring (bicyclic) bond motifs is 1. The van der Waals surface area contributed by atoms with Gasteiger partial charge in [-0.2, -0.15) is 0 Å². The topological polar surface area (TPSA) is 78.9 Å². The van der Waals surface area contributed by atoms with Gasteiger partial charge in [-0.1, -0.05) is 0 Å². The zero-order valence-electron chi connectivity index (χ0n) is 11.5. The Kier molecular flexibility index (Phi) is 4.98. The molecule has 2 unspecified atom stereocenters. The molecule has 0 amide bonds. The molecule has 0 aromatic carbocycles. The van der Waals surface area contributed by atoms with Crippen LogP contribution in [0.15, 0.2) is 0 Å². The smallest absolute Gasteiger partial charge is 0.217 e. The third kappa shape index (κ3) is 2.60. The van der Waals surface area contributed by atoms with E-state index in [9.17, 15) is 13.5 Å². The molecule has 0 aromatic heterocycles. The van der Waals surface area contributed by atoms with Crippen molar-refractivity contribution in [3.05, 3.63) is 0 Å². The molecule has 6 nitrogen and oxygen atoms in total. The molecule has 3 aliphatic heterocycles. The van der Waals surface area contributed by atoms with Gasteiger partial charge in [0.15, 0.2) is 0 Å². The molecule has 3 aliphatic rings. The Morgan fingerprint density at radius 3 is 2.65 bits per heavy atom. The van der Waals surface area contributed by atoms with Crippen LogP contribution in [-0.4, -0.2) is 69.1 Å². The van der Waals surface area contributed by atoms with Gasteiger partial charge >= 0.3 is 0 Å². The summed E-state index contributed by atoms with van der Waals surface area (Å²) in [5.41, 5.74) is -0.266. The number of ether oxygens (including phenoxy) is 1. The Bertz CT molecular complexity index is 441. The van der Waals surface area contributed by atoms with Gasteiger partial charge in [0.2, 0.25) is 10.0 Å². The minimum absolute atomic E-state index is 0. The van der Waals surface area contributed by atoms with Crippen LogP contribution < -0.4 is 5.32 Å². The second-order valence-corrected chi connectivity index (χ2v) is 8.21. The first-order valence-corrected chi connectivity index (χ1v) is 8.47. The first-order chi connectivity index (χ1) is 9.08. The minimum atomic E-state index is -3.24. The normalized spacial score (nSPS) is 35.8. The molecule has 8 heteroatoms. The largest absolute Gasteiger partial charge is 0.396 e. The maximum atomic E-state index is 12.6. The van der Waals surface area contributed by atoms with Crippen LogP contribution in [0.2, 0.25) is 0 Å². The zero-order valence-corrected chi connectivity index (χ0v) is 13.1. The van der Waals surface area contributed by atoms with Gasteiger partial charge in [-0.05, 0) is 25.3 Å². The molecule has 3 fully saturated rings. The first kappa shape index (κ1) is 16.5. The highest BCUT2D eigenvalue weighted by Crippen LogP contribution is 2.40. The van der Waals surface area contributed by atoms with Crippen LogP contribution in [0.5, 0.6) is 0 Å². The molecule has 0 bridgehead atoms. The van der Waals surface area contributed by atoms with Gasteiger partial charge in [-0.25, -0.2) is 12.7 Å². The fraction of sp³-hybridized carbons (Fsp3) is 1.00.